The van der Waals surface area contributed by atoms with Crippen LogP contribution in [0.3, 0.4) is 0 Å². The van der Waals surface area contributed by atoms with E-state index in [0.717, 1.165) is 12.1 Å². The molecule has 0 aromatic carbocycles. The van der Waals surface area contributed by atoms with Gasteiger partial charge in [-0.2, -0.15) is 5.10 Å². The molecule has 92 valence electrons. The predicted molar refractivity (Wildman–Crippen MR) is 67.7 cm³/mol. The van der Waals surface area contributed by atoms with Gasteiger partial charge in [-0.1, -0.05) is 0 Å². The normalized spacial score (nSPS) is 10.9. The second-order valence-corrected chi connectivity index (χ2v) is 3.66. The smallest absolute Gasteiger partial charge is 0.272 e. The Hall–Kier alpha value is -2.50. The summed E-state index contributed by atoms with van der Waals surface area (Å²) in [6, 6.07) is 3.04. The summed E-state index contributed by atoms with van der Waals surface area (Å²) in [4.78, 5) is 14.0. The van der Waals surface area contributed by atoms with Crippen molar-refractivity contribution < 1.29 is 4.92 Å². The summed E-state index contributed by atoms with van der Waals surface area (Å²) in [5, 5.41) is 14.6. The average Bonchev–Trinajstić information content (AvgIpc) is 2.85. The Morgan fingerprint density at radius 3 is 2.78 bits per heavy atom. The van der Waals surface area contributed by atoms with Crippen molar-refractivity contribution in [2.75, 3.05) is 0 Å². The van der Waals surface area contributed by atoms with Gasteiger partial charge in [0.05, 0.1) is 16.8 Å². The van der Waals surface area contributed by atoms with Gasteiger partial charge in [0, 0.05) is 24.4 Å². The Morgan fingerprint density at radius 1 is 1.39 bits per heavy atom. The molecule has 0 fully saturated rings. The van der Waals surface area contributed by atoms with E-state index in [1.54, 1.807) is 18.3 Å². The minimum atomic E-state index is -0.466. The van der Waals surface area contributed by atoms with E-state index in [1.807, 2.05) is 23.9 Å². The van der Waals surface area contributed by atoms with Gasteiger partial charge in [-0.15, -0.1) is 0 Å². The third-order valence-corrected chi connectivity index (χ3v) is 2.41. The molecule has 0 aliphatic rings. The van der Waals surface area contributed by atoms with E-state index in [-0.39, 0.29) is 5.69 Å². The zero-order valence-electron chi connectivity index (χ0n) is 9.85. The monoisotopic (exact) mass is 244 g/mol. The van der Waals surface area contributed by atoms with E-state index < -0.39 is 4.92 Å². The molecule has 2 rings (SSSR count). The van der Waals surface area contributed by atoms with Crippen LogP contribution in [0.1, 0.15) is 18.2 Å². The van der Waals surface area contributed by atoms with E-state index >= 15 is 0 Å². The summed E-state index contributed by atoms with van der Waals surface area (Å²) >= 11 is 0. The van der Waals surface area contributed by atoms with Gasteiger partial charge in [0.2, 0.25) is 0 Å². The third-order valence-electron chi connectivity index (χ3n) is 2.41. The number of hydrogen-bond acceptors (Lipinski definition) is 4. The summed E-state index contributed by atoms with van der Waals surface area (Å²) in [6.45, 7) is 2.84. The van der Waals surface area contributed by atoms with Gasteiger partial charge >= 0.3 is 0 Å². The molecule has 2 aromatic heterocycles. The fourth-order valence-corrected chi connectivity index (χ4v) is 1.42. The summed E-state index contributed by atoms with van der Waals surface area (Å²) in [5.41, 5.74) is 1.63. The van der Waals surface area contributed by atoms with Crippen molar-refractivity contribution in [2.45, 2.75) is 13.5 Å². The molecule has 0 aliphatic carbocycles. The average molecular weight is 244 g/mol. The van der Waals surface area contributed by atoms with Gasteiger partial charge in [-0.3, -0.25) is 14.8 Å². The molecule has 0 spiro atoms. The van der Waals surface area contributed by atoms with Gasteiger partial charge in [-0.25, -0.2) is 4.98 Å². The molecule has 0 N–H and O–H groups in total. The van der Waals surface area contributed by atoms with Crippen LogP contribution < -0.4 is 0 Å². The lowest BCUT2D eigenvalue weighted by Crippen LogP contribution is -1.91. The molecule has 2 aromatic rings. The second kappa shape index (κ2) is 5.22. The highest BCUT2D eigenvalue weighted by Crippen LogP contribution is 2.11. The molecular weight excluding hydrogens is 232 g/mol. The summed E-state index contributed by atoms with van der Waals surface area (Å²) < 4.78 is 1.82. The van der Waals surface area contributed by atoms with Crippen molar-refractivity contribution in [3.05, 3.63) is 52.1 Å². The number of aryl methyl sites for hydroxylation is 1. The Morgan fingerprint density at radius 2 is 2.22 bits per heavy atom. The van der Waals surface area contributed by atoms with Gasteiger partial charge in [0.15, 0.2) is 0 Å². The molecule has 0 radical (unpaired) electrons. The zero-order chi connectivity index (χ0) is 13.0. The van der Waals surface area contributed by atoms with E-state index in [0.29, 0.717) is 5.69 Å². The lowest BCUT2D eigenvalue weighted by molar-refractivity contribution is -0.385. The van der Waals surface area contributed by atoms with Gasteiger partial charge < -0.3 is 0 Å². The molecule has 6 heteroatoms. The number of hydrogen-bond donors (Lipinski definition) is 0. The lowest BCUT2D eigenvalue weighted by atomic mass is 10.2. The number of nitro groups is 1. The fourth-order valence-electron chi connectivity index (χ4n) is 1.42. The second-order valence-electron chi connectivity index (χ2n) is 3.66. The highest BCUT2D eigenvalue weighted by Gasteiger charge is 2.03. The van der Waals surface area contributed by atoms with Crippen LogP contribution in [-0.4, -0.2) is 19.7 Å². The number of nitrogens with zero attached hydrogens (tertiary/aromatic N) is 4. The van der Waals surface area contributed by atoms with Crippen molar-refractivity contribution >= 4 is 17.8 Å². The Bertz CT molecular complexity index is 572. The Kier molecular flexibility index (Phi) is 3.47. The van der Waals surface area contributed by atoms with Crippen LogP contribution in [0.4, 0.5) is 5.69 Å². The van der Waals surface area contributed by atoms with Crippen LogP contribution in [-0.2, 0) is 6.54 Å². The highest BCUT2D eigenvalue weighted by atomic mass is 16.6. The maximum atomic E-state index is 10.5. The van der Waals surface area contributed by atoms with Gasteiger partial charge in [0.1, 0.15) is 6.20 Å². The SMILES string of the molecule is CCn1cc(/C=C/c2ccc([N+](=O)[O-])cn2)cn1. The quantitative estimate of drug-likeness (QED) is 0.611. The van der Waals surface area contributed by atoms with E-state index in [2.05, 4.69) is 10.1 Å². The van der Waals surface area contributed by atoms with E-state index in [1.165, 1.54) is 12.3 Å². The maximum absolute atomic E-state index is 10.5. The van der Waals surface area contributed by atoms with Crippen molar-refractivity contribution in [1.29, 1.82) is 0 Å². The van der Waals surface area contributed by atoms with E-state index in [9.17, 15) is 10.1 Å². The van der Waals surface area contributed by atoms with Crippen LogP contribution in [0.25, 0.3) is 12.2 Å². The number of rotatable bonds is 4. The van der Waals surface area contributed by atoms with Crippen LogP contribution >= 0.6 is 0 Å². The molecule has 0 aliphatic heterocycles. The molecule has 0 amide bonds. The first-order valence-electron chi connectivity index (χ1n) is 5.50. The van der Waals surface area contributed by atoms with Crippen LogP contribution in [0, 0.1) is 10.1 Å². The lowest BCUT2D eigenvalue weighted by Gasteiger charge is -1.92. The summed E-state index contributed by atoms with van der Waals surface area (Å²) in [6.07, 6.45) is 8.58. The van der Waals surface area contributed by atoms with E-state index in [4.69, 9.17) is 0 Å². The van der Waals surface area contributed by atoms with Crippen molar-refractivity contribution in [3.8, 4) is 0 Å². The van der Waals surface area contributed by atoms with Crippen LogP contribution in [0.15, 0.2) is 30.7 Å². The highest BCUT2D eigenvalue weighted by molar-refractivity contribution is 5.67. The standard InChI is InChI=1S/C12H12N4O2/c1-2-15-9-10(7-14-15)3-4-11-5-6-12(8-13-11)16(17)18/h3-9H,2H2,1H3/b4-3+. The zero-order valence-corrected chi connectivity index (χ0v) is 9.85. The molecule has 6 nitrogen and oxygen atoms in total. The largest absolute Gasteiger partial charge is 0.287 e. The topological polar surface area (TPSA) is 73.8 Å². The summed E-state index contributed by atoms with van der Waals surface area (Å²) in [5.74, 6) is 0. The first-order valence-corrected chi connectivity index (χ1v) is 5.50. The Balaban J connectivity index is 2.11. The first kappa shape index (κ1) is 12.0. The fraction of sp³-hybridized carbons (Fsp3) is 0.167. The van der Waals surface area contributed by atoms with Crippen molar-refractivity contribution in [1.82, 2.24) is 14.8 Å². The van der Waals surface area contributed by atoms with Crippen molar-refractivity contribution in [3.63, 3.8) is 0 Å². The molecule has 2 heterocycles. The molecule has 0 saturated carbocycles. The first-order chi connectivity index (χ1) is 8.69. The minimum Gasteiger partial charge on any atom is -0.272 e. The minimum absolute atomic E-state index is 0.00838. The molecule has 0 atom stereocenters. The van der Waals surface area contributed by atoms with Crippen LogP contribution in [0.2, 0.25) is 0 Å². The number of pyridine rings is 1. The Labute approximate surface area is 104 Å². The number of aromatic nitrogens is 3. The van der Waals surface area contributed by atoms with Gasteiger partial charge in [-0.05, 0) is 25.1 Å². The third kappa shape index (κ3) is 2.79. The molecular formula is C12H12N4O2. The molecule has 18 heavy (non-hydrogen) atoms. The van der Waals surface area contributed by atoms with Crippen molar-refractivity contribution in [2.24, 2.45) is 0 Å². The molecule has 0 saturated heterocycles. The predicted octanol–water partition coefficient (Wildman–Crippen LogP) is 2.38. The van der Waals surface area contributed by atoms with Crippen LogP contribution in [0.5, 0.6) is 0 Å². The summed E-state index contributed by atoms with van der Waals surface area (Å²) in [7, 11) is 0. The maximum Gasteiger partial charge on any atom is 0.287 e. The van der Waals surface area contributed by atoms with Gasteiger partial charge in [0.25, 0.3) is 5.69 Å². The molecule has 0 bridgehead atoms. The molecule has 0 unspecified atom stereocenters.